The van der Waals surface area contributed by atoms with Crippen LogP contribution in [0.1, 0.15) is 10.4 Å². The SMILES string of the molecule is NC(N)=NC(=O)c1cn(-c2cccc(O)c2)c(=O)c2ccccc12. The number of carbonyl (C=O) groups excluding carboxylic acids is 1. The Morgan fingerprint density at radius 3 is 2.42 bits per heavy atom. The fraction of sp³-hybridized carbons (Fsp3) is 0. The second-order valence-corrected chi connectivity index (χ2v) is 5.13. The van der Waals surface area contributed by atoms with E-state index in [4.69, 9.17) is 11.5 Å². The van der Waals surface area contributed by atoms with Crippen molar-refractivity contribution in [2.45, 2.75) is 0 Å². The van der Waals surface area contributed by atoms with Crippen LogP contribution in [0.15, 0.2) is 64.5 Å². The zero-order valence-corrected chi connectivity index (χ0v) is 12.5. The Balaban J connectivity index is 2.36. The van der Waals surface area contributed by atoms with Crippen LogP contribution in [0, 0.1) is 0 Å². The first-order valence-corrected chi connectivity index (χ1v) is 7.05. The average molecular weight is 322 g/mol. The average Bonchev–Trinajstić information content (AvgIpc) is 2.54. The van der Waals surface area contributed by atoms with E-state index >= 15 is 0 Å². The van der Waals surface area contributed by atoms with Crippen LogP contribution in [-0.4, -0.2) is 21.5 Å². The summed E-state index contributed by atoms with van der Waals surface area (Å²) in [5.74, 6) is -1.01. The Morgan fingerprint density at radius 1 is 1.04 bits per heavy atom. The zero-order valence-electron chi connectivity index (χ0n) is 12.5. The van der Waals surface area contributed by atoms with Crippen molar-refractivity contribution >= 4 is 22.6 Å². The largest absolute Gasteiger partial charge is 0.508 e. The lowest BCUT2D eigenvalue weighted by Gasteiger charge is -2.11. The lowest BCUT2D eigenvalue weighted by Crippen LogP contribution is -2.25. The highest BCUT2D eigenvalue weighted by Crippen LogP contribution is 2.20. The molecule has 0 aliphatic rings. The minimum Gasteiger partial charge on any atom is -0.508 e. The Bertz CT molecular complexity index is 1030. The van der Waals surface area contributed by atoms with Crippen molar-refractivity contribution in [2.24, 2.45) is 16.5 Å². The fourth-order valence-electron chi connectivity index (χ4n) is 2.47. The molecule has 0 bridgehead atoms. The minimum atomic E-state index is -0.653. The topological polar surface area (TPSA) is 124 Å². The Labute approximate surface area is 136 Å². The first-order chi connectivity index (χ1) is 11.5. The summed E-state index contributed by atoms with van der Waals surface area (Å²) in [5, 5.41) is 10.4. The highest BCUT2D eigenvalue weighted by Gasteiger charge is 2.15. The van der Waals surface area contributed by atoms with E-state index in [1.165, 1.54) is 22.9 Å². The van der Waals surface area contributed by atoms with E-state index in [0.29, 0.717) is 16.5 Å². The molecule has 0 spiro atoms. The predicted molar refractivity (Wildman–Crippen MR) is 91.4 cm³/mol. The number of pyridine rings is 1. The number of benzene rings is 2. The van der Waals surface area contributed by atoms with Crippen molar-refractivity contribution in [3.05, 3.63) is 70.6 Å². The number of nitrogens with two attached hydrogens (primary N) is 2. The number of aromatic nitrogens is 1. The predicted octanol–water partition coefficient (Wildman–Crippen LogP) is 1.11. The van der Waals surface area contributed by atoms with Crippen LogP contribution in [0.2, 0.25) is 0 Å². The van der Waals surface area contributed by atoms with E-state index in [0.717, 1.165) is 0 Å². The van der Waals surface area contributed by atoms with Crippen LogP contribution in [0.3, 0.4) is 0 Å². The molecule has 24 heavy (non-hydrogen) atoms. The van der Waals surface area contributed by atoms with E-state index in [-0.39, 0.29) is 22.8 Å². The van der Waals surface area contributed by atoms with Crippen LogP contribution >= 0.6 is 0 Å². The highest BCUT2D eigenvalue weighted by atomic mass is 16.3. The van der Waals surface area contributed by atoms with Crippen molar-refractivity contribution in [3.63, 3.8) is 0 Å². The molecule has 0 fully saturated rings. The van der Waals surface area contributed by atoms with Gasteiger partial charge in [-0.25, -0.2) is 0 Å². The fourth-order valence-corrected chi connectivity index (χ4v) is 2.47. The van der Waals surface area contributed by atoms with E-state index in [2.05, 4.69) is 4.99 Å². The molecule has 3 aromatic rings. The lowest BCUT2D eigenvalue weighted by molar-refractivity contribution is 0.100. The van der Waals surface area contributed by atoms with Gasteiger partial charge < -0.3 is 16.6 Å². The summed E-state index contributed by atoms with van der Waals surface area (Å²) < 4.78 is 1.28. The molecule has 0 radical (unpaired) electrons. The third-order valence-electron chi connectivity index (χ3n) is 3.49. The van der Waals surface area contributed by atoms with Gasteiger partial charge >= 0.3 is 0 Å². The Kier molecular flexibility index (Phi) is 3.75. The molecule has 1 aromatic heterocycles. The van der Waals surface area contributed by atoms with Gasteiger partial charge in [0.05, 0.1) is 11.3 Å². The molecule has 1 heterocycles. The molecule has 3 rings (SSSR count). The van der Waals surface area contributed by atoms with Crippen molar-refractivity contribution < 1.29 is 9.90 Å². The van der Waals surface area contributed by atoms with Crippen molar-refractivity contribution in [1.29, 1.82) is 0 Å². The maximum Gasteiger partial charge on any atom is 0.282 e. The molecular weight excluding hydrogens is 308 g/mol. The summed E-state index contributed by atoms with van der Waals surface area (Å²) in [7, 11) is 0. The van der Waals surface area contributed by atoms with Crippen LogP contribution in [-0.2, 0) is 0 Å². The Hall–Kier alpha value is -3.61. The van der Waals surface area contributed by atoms with Crippen molar-refractivity contribution in [1.82, 2.24) is 4.57 Å². The minimum absolute atomic E-state index is 0.00431. The summed E-state index contributed by atoms with van der Waals surface area (Å²) in [6.45, 7) is 0. The summed E-state index contributed by atoms with van der Waals surface area (Å²) in [5.41, 5.74) is 10.8. The van der Waals surface area contributed by atoms with Gasteiger partial charge in [-0.1, -0.05) is 24.3 Å². The standard InChI is InChI=1S/C17H14N4O3/c18-17(19)20-15(23)14-9-21(10-4-3-5-11(22)8-10)16(24)13-7-2-1-6-12(13)14/h1-9,22H,(H4,18,19,20,23). The molecule has 0 unspecified atom stereocenters. The van der Waals surface area contributed by atoms with E-state index in [9.17, 15) is 14.7 Å². The van der Waals surface area contributed by atoms with Crippen LogP contribution in [0.4, 0.5) is 0 Å². The number of phenols is 1. The summed E-state index contributed by atoms with van der Waals surface area (Å²) in [6, 6.07) is 12.8. The quantitative estimate of drug-likeness (QED) is 0.481. The molecule has 120 valence electrons. The molecule has 1 amide bonds. The molecule has 0 aliphatic heterocycles. The number of carbonyl (C=O) groups is 1. The maximum absolute atomic E-state index is 12.7. The van der Waals surface area contributed by atoms with Gasteiger partial charge in [-0.2, -0.15) is 4.99 Å². The first-order valence-electron chi connectivity index (χ1n) is 7.05. The van der Waals surface area contributed by atoms with Gasteiger partial charge in [0, 0.05) is 23.0 Å². The normalized spacial score (nSPS) is 10.5. The molecule has 0 atom stereocenters. The third-order valence-corrected chi connectivity index (χ3v) is 3.49. The van der Waals surface area contributed by atoms with Gasteiger partial charge in [0.15, 0.2) is 5.96 Å². The summed E-state index contributed by atoms with van der Waals surface area (Å²) >= 11 is 0. The third kappa shape index (κ3) is 2.70. The van der Waals surface area contributed by atoms with Gasteiger partial charge in [-0.15, -0.1) is 0 Å². The molecule has 5 N–H and O–H groups in total. The van der Waals surface area contributed by atoms with Gasteiger partial charge in [0.25, 0.3) is 11.5 Å². The van der Waals surface area contributed by atoms with Crippen LogP contribution in [0.5, 0.6) is 5.75 Å². The molecule has 2 aromatic carbocycles. The number of aliphatic imine (C=N–C) groups is 1. The van der Waals surface area contributed by atoms with Crippen molar-refractivity contribution in [2.75, 3.05) is 0 Å². The van der Waals surface area contributed by atoms with E-state index in [1.54, 1.807) is 36.4 Å². The molecular formula is C17H14N4O3. The Morgan fingerprint density at radius 2 is 1.75 bits per heavy atom. The number of amides is 1. The number of fused-ring (bicyclic) bond motifs is 1. The van der Waals surface area contributed by atoms with E-state index < -0.39 is 5.91 Å². The number of nitrogens with zero attached hydrogens (tertiary/aromatic N) is 2. The second-order valence-electron chi connectivity index (χ2n) is 5.13. The number of phenolic OH excluding ortho intramolecular Hbond substituents is 1. The van der Waals surface area contributed by atoms with Crippen LogP contribution in [0.25, 0.3) is 16.5 Å². The van der Waals surface area contributed by atoms with Gasteiger partial charge in [-0.3, -0.25) is 14.2 Å². The first kappa shape index (κ1) is 15.3. The molecule has 7 heteroatoms. The maximum atomic E-state index is 12.7. The molecule has 7 nitrogen and oxygen atoms in total. The van der Waals surface area contributed by atoms with Gasteiger partial charge in [0.2, 0.25) is 0 Å². The second kappa shape index (κ2) is 5.88. The van der Waals surface area contributed by atoms with Gasteiger partial charge in [-0.05, 0) is 18.2 Å². The number of hydrogen-bond acceptors (Lipinski definition) is 3. The summed E-state index contributed by atoms with van der Waals surface area (Å²) in [6.07, 6.45) is 1.37. The van der Waals surface area contributed by atoms with Gasteiger partial charge in [0.1, 0.15) is 5.75 Å². The number of guanidine groups is 1. The number of rotatable bonds is 2. The van der Waals surface area contributed by atoms with Crippen LogP contribution < -0.4 is 17.0 Å². The smallest absolute Gasteiger partial charge is 0.282 e. The van der Waals surface area contributed by atoms with Crippen molar-refractivity contribution in [3.8, 4) is 11.4 Å². The van der Waals surface area contributed by atoms with E-state index in [1.807, 2.05) is 0 Å². The zero-order chi connectivity index (χ0) is 17.3. The monoisotopic (exact) mass is 322 g/mol. The highest BCUT2D eigenvalue weighted by molar-refractivity contribution is 6.10. The number of aromatic hydroxyl groups is 1. The lowest BCUT2D eigenvalue weighted by atomic mass is 10.1. The summed E-state index contributed by atoms with van der Waals surface area (Å²) in [4.78, 5) is 28.6. The molecule has 0 saturated heterocycles. The number of hydrogen-bond donors (Lipinski definition) is 3. The molecule has 0 saturated carbocycles. The molecule has 0 aliphatic carbocycles.